The highest BCUT2D eigenvalue weighted by atomic mass is 32.2. The quantitative estimate of drug-likeness (QED) is 0.723. The third-order valence-corrected chi connectivity index (χ3v) is 2.46. The van der Waals surface area contributed by atoms with Crippen LogP contribution in [0.25, 0.3) is 0 Å². The van der Waals surface area contributed by atoms with Crippen LogP contribution in [0.15, 0.2) is 5.16 Å². The van der Waals surface area contributed by atoms with Gasteiger partial charge >= 0.3 is 12.0 Å². The van der Waals surface area contributed by atoms with Gasteiger partial charge in [-0.2, -0.15) is 0 Å². The molecular weight excluding hydrogens is 206 g/mol. The van der Waals surface area contributed by atoms with Crippen LogP contribution < -0.4 is 4.74 Å². The molecule has 0 aliphatic heterocycles. The average molecular weight is 217 g/mol. The minimum Gasteiger partial charge on any atom is -0.481 e. The van der Waals surface area contributed by atoms with E-state index in [1.807, 2.05) is 6.92 Å². The van der Waals surface area contributed by atoms with Crippen molar-refractivity contribution in [2.45, 2.75) is 18.6 Å². The number of carbonyl (C=O) groups is 1. The fourth-order valence-electron chi connectivity index (χ4n) is 0.930. The molecule has 0 aromatic carbocycles. The maximum absolute atomic E-state index is 10.3. The molecule has 78 valence electrons. The van der Waals surface area contributed by atoms with Crippen LogP contribution in [-0.2, 0) is 11.3 Å². The Kier molecular flexibility index (Phi) is 3.75. The number of rotatable bonds is 5. The predicted octanol–water partition coefficient (Wildman–Crippen LogP) is 0.483. The molecule has 1 rings (SSSR count). The summed E-state index contributed by atoms with van der Waals surface area (Å²) in [7, 11) is 1.50. The van der Waals surface area contributed by atoms with Crippen LogP contribution in [0.1, 0.15) is 6.92 Å². The summed E-state index contributed by atoms with van der Waals surface area (Å²) in [6.07, 6.45) is 0. The summed E-state index contributed by atoms with van der Waals surface area (Å²) < 4.78 is 6.67. The summed E-state index contributed by atoms with van der Waals surface area (Å²) in [5.41, 5.74) is 0. The number of thioether (sulfide) groups is 1. The van der Waals surface area contributed by atoms with Gasteiger partial charge in [-0.3, -0.25) is 9.36 Å². The van der Waals surface area contributed by atoms with Crippen LogP contribution in [-0.4, -0.2) is 38.7 Å². The molecule has 0 bridgehead atoms. The normalized spacial score (nSPS) is 10.1. The summed E-state index contributed by atoms with van der Waals surface area (Å²) in [4.78, 5) is 10.3. The molecule has 0 atom stereocenters. The Bertz CT molecular complexity index is 326. The molecule has 1 aromatic heterocycles. The first-order chi connectivity index (χ1) is 6.69. The van der Waals surface area contributed by atoms with Crippen LogP contribution >= 0.6 is 11.8 Å². The topological polar surface area (TPSA) is 77.2 Å². The highest BCUT2D eigenvalue weighted by Crippen LogP contribution is 2.19. The summed E-state index contributed by atoms with van der Waals surface area (Å²) in [5.74, 6) is -0.901. The van der Waals surface area contributed by atoms with Gasteiger partial charge in [0.1, 0.15) is 0 Å². The van der Waals surface area contributed by atoms with Crippen molar-refractivity contribution in [1.29, 1.82) is 0 Å². The molecule has 14 heavy (non-hydrogen) atoms. The standard InChI is InChI=1S/C7H11N3O3S/c1-3-10-6(13-2)8-9-7(10)14-4-5(11)12/h3-4H2,1-2H3,(H,11,12). The Morgan fingerprint density at radius 2 is 2.36 bits per heavy atom. The molecule has 1 N–H and O–H groups in total. The Morgan fingerprint density at radius 1 is 1.64 bits per heavy atom. The number of carboxylic acid groups (broad SMARTS) is 1. The van der Waals surface area contributed by atoms with Crippen molar-refractivity contribution in [3.8, 4) is 6.01 Å². The minimum atomic E-state index is -0.875. The van der Waals surface area contributed by atoms with E-state index < -0.39 is 5.97 Å². The number of methoxy groups -OCH3 is 1. The zero-order valence-electron chi connectivity index (χ0n) is 7.93. The number of ether oxygens (including phenoxy) is 1. The molecule has 0 fully saturated rings. The zero-order chi connectivity index (χ0) is 10.6. The maximum Gasteiger partial charge on any atom is 0.317 e. The van der Waals surface area contributed by atoms with Crippen molar-refractivity contribution in [3.63, 3.8) is 0 Å². The molecule has 0 saturated heterocycles. The van der Waals surface area contributed by atoms with Gasteiger partial charge in [0, 0.05) is 6.54 Å². The van der Waals surface area contributed by atoms with E-state index in [9.17, 15) is 4.79 Å². The lowest BCUT2D eigenvalue weighted by molar-refractivity contribution is -0.133. The Labute approximate surface area is 85.3 Å². The minimum absolute atomic E-state index is 0.0259. The SMILES string of the molecule is CCn1c(OC)nnc1SCC(=O)O. The molecule has 0 saturated carbocycles. The number of carboxylic acids is 1. The second kappa shape index (κ2) is 4.85. The van der Waals surface area contributed by atoms with E-state index in [0.29, 0.717) is 17.7 Å². The number of aliphatic carboxylic acids is 1. The van der Waals surface area contributed by atoms with Crippen molar-refractivity contribution in [3.05, 3.63) is 0 Å². The highest BCUT2D eigenvalue weighted by molar-refractivity contribution is 7.99. The largest absolute Gasteiger partial charge is 0.481 e. The lowest BCUT2D eigenvalue weighted by Gasteiger charge is -2.03. The van der Waals surface area contributed by atoms with E-state index in [0.717, 1.165) is 11.8 Å². The van der Waals surface area contributed by atoms with Crippen LogP contribution in [0.4, 0.5) is 0 Å². The smallest absolute Gasteiger partial charge is 0.317 e. The van der Waals surface area contributed by atoms with Gasteiger partial charge in [-0.25, -0.2) is 0 Å². The van der Waals surface area contributed by atoms with Gasteiger partial charge in [-0.05, 0) is 6.92 Å². The van der Waals surface area contributed by atoms with Gasteiger partial charge in [-0.15, -0.1) is 5.10 Å². The number of hydrogen-bond donors (Lipinski definition) is 1. The summed E-state index contributed by atoms with van der Waals surface area (Å²) in [5, 5.41) is 16.6. The molecule has 0 aliphatic carbocycles. The Hall–Kier alpha value is -1.24. The maximum atomic E-state index is 10.3. The number of nitrogens with zero attached hydrogens (tertiary/aromatic N) is 3. The summed E-state index contributed by atoms with van der Waals surface area (Å²) in [6, 6.07) is 0.403. The van der Waals surface area contributed by atoms with E-state index in [2.05, 4.69) is 10.2 Å². The van der Waals surface area contributed by atoms with Crippen molar-refractivity contribution >= 4 is 17.7 Å². The van der Waals surface area contributed by atoms with E-state index in [4.69, 9.17) is 9.84 Å². The molecular formula is C7H11N3O3S. The van der Waals surface area contributed by atoms with Crippen LogP contribution in [0.3, 0.4) is 0 Å². The molecule has 6 nitrogen and oxygen atoms in total. The molecule has 0 aliphatic rings. The average Bonchev–Trinajstić information content (AvgIpc) is 2.56. The number of hydrogen-bond acceptors (Lipinski definition) is 5. The van der Waals surface area contributed by atoms with Gasteiger partial charge in [0.05, 0.1) is 12.9 Å². The second-order valence-electron chi connectivity index (χ2n) is 2.40. The van der Waals surface area contributed by atoms with Crippen LogP contribution in [0.5, 0.6) is 6.01 Å². The lowest BCUT2D eigenvalue weighted by Crippen LogP contribution is -2.03. The molecule has 1 aromatic rings. The van der Waals surface area contributed by atoms with Crippen molar-refractivity contribution in [2.24, 2.45) is 0 Å². The summed E-state index contributed by atoms with van der Waals surface area (Å²) in [6.45, 7) is 2.56. The van der Waals surface area contributed by atoms with E-state index in [1.54, 1.807) is 4.57 Å². The molecule has 0 amide bonds. The fourth-order valence-corrected chi connectivity index (χ4v) is 1.64. The molecule has 0 radical (unpaired) electrons. The van der Waals surface area contributed by atoms with Gasteiger partial charge < -0.3 is 9.84 Å². The van der Waals surface area contributed by atoms with Gasteiger partial charge in [0.25, 0.3) is 0 Å². The Morgan fingerprint density at radius 3 is 2.86 bits per heavy atom. The van der Waals surface area contributed by atoms with E-state index in [1.165, 1.54) is 7.11 Å². The molecule has 7 heteroatoms. The first kappa shape index (κ1) is 10.8. The lowest BCUT2D eigenvalue weighted by atomic mass is 10.7. The van der Waals surface area contributed by atoms with Crippen LogP contribution in [0, 0.1) is 0 Å². The van der Waals surface area contributed by atoms with Gasteiger partial charge in [0.2, 0.25) is 0 Å². The van der Waals surface area contributed by atoms with Crippen molar-refractivity contribution < 1.29 is 14.6 Å². The Balaban J connectivity index is 2.75. The number of aromatic nitrogens is 3. The van der Waals surface area contributed by atoms with E-state index >= 15 is 0 Å². The zero-order valence-corrected chi connectivity index (χ0v) is 8.74. The third-order valence-electron chi connectivity index (χ3n) is 1.51. The molecule has 1 heterocycles. The summed E-state index contributed by atoms with van der Waals surface area (Å²) >= 11 is 1.13. The van der Waals surface area contributed by atoms with Crippen LogP contribution in [0.2, 0.25) is 0 Å². The first-order valence-electron chi connectivity index (χ1n) is 4.00. The van der Waals surface area contributed by atoms with Gasteiger partial charge in [0.15, 0.2) is 5.16 Å². The predicted molar refractivity (Wildman–Crippen MR) is 50.6 cm³/mol. The van der Waals surface area contributed by atoms with Crippen molar-refractivity contribution in [1.82, 2.24) is 14.8 Å². The molecule has 0 spiro atoms. The monoisotopic (exact) mass is 217 g/mol. The fraction of sp³-hybridized carbons (Fsp3) is 0.571. The van der Waals surface area contributed by atoms with Crippen molar-refractivity contribution in [2.75, 3.05) is 12.9 Å². The highest BCUT2D eigenvalue weighted by Gasteiger charge is 2.12. The van der Waals surface area contributed by atoms with E-state index in [-0.39, 0.29) is 5.75 Å². The molecule has 0 unspecified atom stereocenters. The second-order valence-corrected chi connectivity index (χ2v) is 3.34. The van der Waals surface area contributed by atoms with Gasteiger partial charge in [-0.1, -0.05) is 16.9 Å². The first-order valence-corrected chi connectivity index (χ1v) is 4.99. The third kappa shape index (κ3) is 2.38.